The predicted molar refractivity (Wildman–Crippen MR) is 88.7 cm³/mol. The first-order chi connectivity index (χ1) is 12.3. The zero-order valence-corrected chi connectivity index (χ0v) is 14.1. The van der Waals surface area contributed by atoms with E-state index in [0.717, 1.165) is 38.0 Å². The van der Waals surface area contributed by atoms with Crippen LogP contribution in [0.1, 0.15) is 31.4 Å². The number of ether oxygens (including phenoxy) is 4. The number of aromatic nitrogens is 1. The zero-order valence-electron chi connectivity index (χ0n) is 14.1. The van der Waals surface area contributed by atoms with Crippen molar-refractivity contribution < 1.29 is 18.9 Å². The van der Waals surface area contributed by atoms with Crippen LogP contribution >= 0.6 is 0 Å². The van der Waals surface area contributed by atoms with E-state index in [1.807, 2.05) is 24.3 Å². The number of nitrogens with zero attached hydrogens (tertiary/aromatic N) is 2. The summed E-state index contributed by atoms with van der Waals surface area (Å²) in [5.41, 5.74) is 0.0308. The van der Waals surface area contributed by atoms with Crippen molar-refractivity contribution in [1.29, 1.82) is 5.26 Å². The summed E-state index contributed by atoms with van der Waals surface area (Å²) in [6.07, 6.45) is 7.47. The second kappa shape index (κ2) is 6.66. The molecule has 3 unspecified atom stereocenters. The first-order valence-electron chi connectivity index (χ1n) is 8.82. The fourth-order valence-electron chi connectivity index (χ4n) is 3.69. The summed E-state index contributed by atoms with van der Waals surface area (Å²) < 4.78 is 22.3. The molecule has 6 heteroatoms. The standard InChI is InChI=1S/C19H22N2O4/c20-13-18-12-19(18,7-9-22-14-18)15-4-3-5-16(21-15)23-10-11-25-17-6-1-2-8-24-17/h3-5,7,9,17H,1-2,6,8,10-12,14H2. The van der Waals surface area contributed by atoms with Gasteiger partial charge in [0.05, 0.1) is 30.0 Å². The summed E-state index contributed by atoms with van der Waals surface area (Å²) in [5, 5.41) is 9.53. The summed E-state index contributed by atoms with van der Waals surface area (Å²) in [7, 11) is 0. The Hall–Kier alpha value is -2.10. The van der Waals surface area contributed by atoms with E-state index in [-0.39, 0.29) is 11.7 Å². The van der Waals surface area contributed by atoms with E-state index in [2.05, 4.69) is 11.1 Å². The van der Waals surface area contributed by atoms with Gasteiger partial charge in [-0.05, 0) is 37.8 Å². The van der Waals surface area contributed by atoms with Gasteiger partial charge < -0.3 is 18.9 Å². The Morgan fingerprint density at radius 3 is 3.12 bits per heavy atom. The maximum atomic E-state index is 9.53. The average Bonchev–Trinajstić information content (AvgIpc) is 3.38. The van der Waals surface area contributed by atoms with Crippen LogP contribution in [0.5, 0.6) is 5.88 Å². The molecule has 132 valence electrons. The van der Waals surface area contributed by atoms with Gasteiger partial charge in [-0.25, -0.2) is 4.98 Å². The molecule has 2 fully saturated rings. The maximum Gasteiger partial charge on any atom is 0.213 e. The summed E-state index contributed by atoms with van der Waals surface area (Å²) in [4.78, 5) is 4.62. The summed E-state index contributed by atoms with van der Waals surface area (Å²) in [6, 6.07) is 8.11. The van der Waals surface area contributed by atoms with Crippen LogP contribution in [0.4, 0.5) is 0 Å². The third kappa shape index (κ3) is 2.99. The van der Waals surface area contributed by atoms with Crippen LogP contribution in [-0.2, 0) is 19.6 Å². The fraction of sp³-hybridized carbons (Fsp3) is 0.579. The highest BCUT2D eigenvalue weighted by Gasteiger charge is 2.70. The highest BCUT2D eigenvalue weighted by atomic mass is 16.7. The van der Waals surface area contributed by atoms with Crippen molar-refractivity contribution in [2.75, 3.05) is 26.4 Å². The number of hydrogen-bond donors (Lipinski definition) is 0. The van der Waals surface area contributed by atoms with Gasteiger partial charge in [-0.1, -0.05) is 6.07 Å². The molecular weight excluding hydrogens is 320 g/mol. The highest BCUT2D eigenvalue weighted by molar-refractivity contribution is 5.47. The SMILES string of the molecule is N#CC12COC=CC1(c1cccc(OCCOC3CCCCO3)n1)C2. The van der Waals surface area contributed by atoms with Crippen LogP contribution in [0.3, 0.4) is 0 Å². The fourth-order valence-corrected chi connectivity index (χ4v) is 3.69. The molecular formula is C19H22N2O4. The minimum atomic E-state index is -0.491. The molecule has 1 saturated carbocycles. The van der Waals surface area contributed by atoms with Crippen LogP contribution in [0, 0.1) is 16.7 Å². The molecule has 1 saturated heterocycles. The van der Waals surface area contributed by atoms with Gasteiger partial charge in [0.2, 0.25) is 5.88 Å². The van der Waals surface area contributed by atoms with Gasteiger partial charge in [0.1, 0.15) is 18.6 Å². The molecule has 1 aliphatic carbocycles. The van der Waals surface area contributed by atoms with Crippen molar-refractivity contribution in [2.45, 2.75) is 37.4 Å². The highest BCUT2D eigenvalue weighted by Crippen LogP contribution is 2.66. The van der Waals surface area contributed by atoms with Crippen LogP contribution in [0.2, 0.25) is 0 Å². The van der Waals surface area contributed by atoms with Gasteiger partial charge in [0.25, 0.3) is 0 Å². The van der Waals surface area contributed by atoms with E-state index in [1.54, 1.807) is 6.26 Å². The third-order valence-corrected chi connectivity index (χ3v) is 5.26. The number of nitriles is 1. The Morgan fingerprint density at radius 2 is 2.28 bits per heavy atom. The Labute approximate surface area is 147 Å². The van der Waals surface area contributed by atoms with Crippen molar-refractivity contribution >= 4 is 0 Å². The minimum absolute atomic E-state index is 0.106. The van der Waals surface area contributed by atoms with E-state index in [4.69, 9.17) is 18.9 Å². The third-order valence-electron chi connectivity index (χ3n) is 5.26. The quantitative estimate of drug-likeness (QED) is 0.740. The molecule has 0 spiro atoms. The Balaban J connectivity index is 1.35. The molecule has 0 amide bonds. The molecule has 1 aromatic rings. The molecule has 0 radical (unpaired) electrons. The number of rotatable bonds is 6. The molecule has 25 heavy (non-hydrogen) atoms. The molecule has 6 nitrogen and oxygen atoms in total. The second-order valence-corrected chi connectivity index (χ2v) is 6.83. The normalized spacial score (nSPS) is 33.0. The van der Waals surface area contributed by atoms with Crippen molar-refractivity contribution in [3.63, 3.8) is 0 Å². The molecule has 3 heterocycles. The molecule has 0 bridgehead atoms. The van der Waals surface area contributed by atoms with E-state index in [0.29, 0.717) is 25.7 Å². The molecule has 0 aromatic carbocycles. The van der Waals surface area contributed by atoms with Gasteiger partial charge >= 0.3 is 0 Å². The lowest BCUT2D eigenvalue weighted by molar-refractivity contribution is -0.165. The van der Waals surface area contributed by atoms with Gasteiger partial charge in [0, 0.05) is 12.7 Å². The van der Waals surface area contributed by atoms with E-state index >= 15 is 0 Å². The summed E-state index contributed by atoms with van der Waals surface area (Å²) in [6.45, 7) is 2.08. The maximum absolute atomic E-state index is 9.53. The summed E-state index contributed by atoms with van der Waals surface area (Å²) in [5.74, 6) is 0.554. The zero-order chi connectivity index (χ0) is 17.2. The van der Waals surface area contributed by atoms with E-state index < -0.39 is 5.41 Å². The Bertz CT molecular complexity index is 695. The Kier molecular flexibility index (Phi) is 4.36. The van der Waals surface area contributed by atoms with Crippen LogP contribution < -0.4 is 4.74 Å². The molecule has 3 atom stereocenters. The van der Waals surface area contributed by atoms with Gasteiger partial charge in [0.15, 0.2) is 6.29 Å². The lowest BCUT2D eigenvalue weighted by atomic mass is 9.89. The molecule has 0 N–H and O–H groups in total. The number of fused-ring (bicyclic) bond motifs is 1. The molecule has 4 rings (SSSR count). The van der Waals surface area contributed by atoms with Crippen LogP contribution in [0.15, 0.2) is 30.5 Å². The van der Waals surface area contributed by atoms with Gasteiger partial charge in [-0.3, -0.25) is 0 Å². The first-order valence-corrected chi connectivity index (χ1v) is 8.82. The largest absolute Gasteiger partial charge is 0.500 e. The summed E-state index contributed by atoms with van der Waals surface area (Å²) >= 11 is 0. The minimum Gasteiger partial charge on any atom is -0.500 e. The smallest absolute Gasteiger partial charge is 0.213 e. The molecule has 1 aromatic heterocycles. The van der Waals surface area contributed by atoms with Gasteiger partial charge in [-0.2, -0.15) is 5.26 Å². The van der Waals surface area contributed by atoms with E-state index in [1.165, 1.54) is 0 Å². The van der Waals surface area contributed by atoms with Crippen molar-refractivity contribution in [3.8, 4) is 11.9 Å². The van der Waals surface area contributed by atoms with Crippen LogP contribution in [-0.4, -0.2) is 37.7 Å². The number of hydrogen-bond acceptors (Lipinski definition) is 6. The number of pyridine rings is 1. The average molecular weight is 342 g/mol. The van der Waals surface area contributed by atoms with Crippen molar-refractivity contribution in [1.82, 2.24) is 4.98 Å². The Morgan fingerprint density at radius 1 is 1.32 bits per heavy atom. The second-order valence-electron chi connectivity index (χ2n) is 6.83. The number of allylic oxidation sites excluding steroid dienone is 1. The predicted octanol–water partition coefficient (Wildman–Crippen LogP) is 2.70. The molecule has 3 aliphatic rings. The van der Waals surface area contributed by atoms with Crippen molar-refractivity contribution in [3.05, 3.63) is 36.2 Å². The van der Waals surface area contributed by atoms with Gasteiger partial charge in [-0.15, -0.1) is 0 Å². The van der Waals surface area contributed by atoms with E-state index in [9.17, 15) is 5.26 Å². The van der Waals surface area contributed by atoms with Crippen molar-refractivity contribution in [2.24, 2.45) is 5.41 Å². The first kappa shape index (κ1) is 16.4. The lowest BCUT2D eigenvalue weighted by Gasteiger charge is -2.23. The van der Waals surface area contributed by atoms with Crippen LogP contribution in [0.25, 0.3) is 0 Å². The topological polar surface area (TPSA) is 73.6 Å². The monoisotopic (exact) mass is 342 g/mol. The lowest BCUT2D eigenvalue weighted by Crippen LogP contribution is -2.25. The molecule has 2 aliphatic heterocycles.